The molecule has 18 aromatic rings. The monoisotopic (exact) mass is 1580 g/mol. The van der Waals surface area contributed by atoms with E-state index in [0.717, 1.165) is 0 Å². The molecule has 0 fully saturated rings. The zero-order chi connectivity index (χ0) is 86.5. The van der Waals surface area contributed by atoms with E-state index in [1.54, 1.807) is 0 Å². The van der Waals surface area contributed by atoms with E-state index in [-0.39, 0.29) is 5.41 Å². The molecule has 606 valence electrons. The standard InChI is InChI=1S/C42H42.2C40H38/c1-25-18-27(3)39(28(4)19-25)32-12-16-37-34(22-32)24-35-23-33(40-29(5)20-26(2)21-30(40)6)13-17-38(35)41(37)31-10-14-36(15-11-31)42(7,8)9;1-23-13-24(2)19-35(18-23)40-36-11-9-31(38-27(5)14-25(3)15-28(38)6)20-33(36)22-34-21-32(10-12-37(34)40)39-29(7)16-26(4)17-30(39)8;1-23-16-27(5)37(28(6)17-23)31-12-14-35-33(20-31)22-34-21-32(38-29(7)18-24(2)19-30(38)8)13-15-36(34)40(35)39-25(3)10-9-11-26(39)4/h10-24H,1-9H3;2*9-22H,1-8H3. The van der Waals surface area contributed by atoms with Crippen LogP contribution in [-0.2, 0) is 5.41 Å². The summed E-state index contributed by atoms with van der Waals surface area (Å²) in [6.07, 6.45) is 0. The summed E-state index contributed by atoms with van der Waals surface area (Å²) < 4.78 is 0. The third-order valence-electron chi connectivity index (χ3n) is 25.9. The first-order chi connectivity index (χ1) is 58.1. The van der Waals surface area contributed by atoms with E-state index in [4.69, 9.17) is 0 Å². The van der Waals surface area contributed by atoms with Gasteiger partial charge in [-0.15, -0.1) is 0 Å². The molecule has 0 radical (unpaired) electrons. The van der Waals surface area contributed by atoms with E-state index < -0.39 is 0 Å². The van der Waals surface area contributed by atoms with Crippen molar-refractivity contribution in [3.05, 3.63) is 389 Å². The maximum atomic E-state index is 2.41. The Kier molecular flexibility index (Phi) is 22.4. The van der Waals surface area contributed by atoms with Gasteiger partial charge in [-0.05, 0) is 461 Å². The SMILES string of the molecule is Cc1cc(C)c(-c2ccc3c(-c4c(C)cccc4C)c4ccc(-c5c(C)cc(C)cc5C)cc4cc3c2)c(C)c1.Cc1cc(C)c(-c2ccc3c(-c4ccc(C(C)(C)C)cc4)c4ccc(-c5c(C)cc(C)cc5C)cc4cc3c2)c(C)c1.Cc1cc(C)cc(-c2c3ccc(-c4c(C)cc(C)cc4C)cc3cc3cc(-c4c(C)cc(C)cc4C)ccc23)c1. The van der Waals surface area contributed by atoms with Gasteiger partial charge in [-0.2, -0.15) is 0 Å². The molecule has 18 aromatic carbocycles. The number of hydrogen-bond donors (Lipinski definition) is 0. The van der Waals surface area contributed by atoms with Crippen molar-refractivity contribution in [2.24, 2.45) is 0 Å². The van der Waals surface area contributed by atoms with Crippen LogP contribution in [0.2, 0.25) is 0 Å². The molecule has 0 N–H and O–H groups in total. The Bertz CT molecular complexity index is 6780. The Balaban J connectivity index is 0.000000136. The summed E-state index contributed by atoms with van der Waals surface area (Å²) >= 11 is 0. The highest BCUT2D eigenvalue weighted by Crippen LogP contribution is 2.48. The predicted octanol–water partition coefficient (Wildman–Crippen LogP) is 35.1. The smallest absolute Gasteiger partial charge is 0.00215 e. The fourth-order valence-corrected chi connectivity index (χ4v) is 21.5. The first-order valence-corrected chi connectivity index (χ1v) is 43.9. The Morgan fingerprint density at radius 1 is 0.139 bits per heavy atom. The topological polar surface area (TPSA) is 0 Å². The van der Waals surface area contributed by atoms with Crippen LogP contribution in [0.3, 0.4) is 0 Å². The van der Waals surface area contributed by atoms with Gasteiger partial charge in [0.05, 0.1) is 0 Å². The van der Waals surface area contributed by atoms with Crippen molar-refractivity contribution in [3.63, 3.8) is 0 Å². The van der Waals surface area contributed by atoms with Crippen molar-refractivity contribution in [1.82, 2.24) is 0 Å². The van der Waals surface area contributed by atoms with Crippen LogP contribution in [0.5, 0.6) is 0 Å². The molecule has 122 heavy (non-hydrogen) atoms. The summed E-state index contributed by atoms with van der Waals surface area (Å²) in [5.74, 6) is 0. The van der Waals surface area contributed by atoms with Gasteiger partial charge in [0.15, 0.2) is 0 Å². The Labute approximate surface area is 727 Å². The quantitative estimate of drug-likeness (QED) is 0.126. The lowest BCUT2D eigenvalue weighted by Gasteiger charge is -2.20. The van der Waals surface area contributed by atoms with Crippen LogP contribution in [0.4, 0.5) is 0 Å². The first-order valence-electron chi connectivity index (χ1n) is 43.9. The second-order valence-electron chi connectivity index (χ2n) is 37.5. The maximum absolute atomic E-state index is 2.41. The zero-order valence-corrected chi connectivity index (χ0v) is 76.8. The van der Waals surface area contributed by atoms with Crippen LogP contribution in [0.15, 0.2) is 261 Å². The van der Waals surface area contributed by atoms with Crippen molar-refractivity contribution in [2.45, 2.75) is 179 Å². The van der Waals surface area contributed by atoms with Crippen molar-refractivity contribution in [1.29, 1.82) is 0 Å². The van der Waals surface area contributed by atoms with Gasteiger partial charge in [-0.1, -0.05) is 272 Å². The molecule has 0 aliphatic carbocycles. The Hall–Kier alpha value is -12.5. The lowest BCUT2D eigenvalue weighted by Crippen LogP contribution is -2.10. The van der Waals surface area contributed by atoms with Crippen molar-refractivity contribution < 1.29 is 0 Å². The fraction of sp³-hybridized carbons (Fsp3) is 0.213. The third-order valence-corrected chi connectivity index (χ3v) is 25.9. The lowest BCUT2D eigenvalue weighted by atomic mass is 9.84. The van der Waals surface area contributed by atoms with E-state index in [0.29, 0.717) is 0 Å². The molecule has 0 heteroatoms. The fourth-order valence-electron chi connectivity index (χ4n) is 21.5. The van der Waals surface area contributed by atoms with E-state index in [1.165, 1.54) is 293 Å². The molecule has 0 aliphatic heterocycles. The minimum Gasteiger partial charge on any atom is -0.0617 e. The van der Waals surface area contributed by atoms with Gasteiger partial charge in [-0.3, -0.25) is 0 Å². The molecule has 0 spiro atoms. The Morgan fingerprint density at radius 2 is 0.336 bits per heavy atom. The molecule has 0 heterocycles. The van der Waals surface area contributed by atoms with Crippen molar-refractivity contribution in [2.75, 3.05) is 0 Å². The largest absolute Gasteiger partial charge is 0.0617 e. The number of fused-ring (bicyclic) bond motifs is 6. The normalized spacial score (nSPS) is 11.6. The molecule has 0 aromatic heterocycles. The summed E-state index contributed by atoms with van der Waals surface area (Å²) in [6, 6.07) is 100. The minimum absolute atomic E-state index is 0.122. The lowest BCUT2D eigenvalue weighted by molar-refractivity contribution is 0.590. The molecule has 0 saturated carbocycles. The van der Waals surface area contributed by atoms with E-state index in [9.17, 15) is 0 Å². The molecular weight excluding hydrogens is 1470 g/mol. The highest BCUT2D eigenvalue weighted by molar-refractivity contribution is 6.18. The summed E-state index contributed by atoms with van der Waals surface area (Å²) in [5.41, 5.74) is 54.3. The number of rotatable bonds is 9. The average molecular weight is 1580 g/mol. The van der Waals surface area contributed by atoms with Crippen LogP contribution in [0.1, 0.15) is 149 Å². The molecule has 0 unspecified atom stereocenters. The van der Waals surface area contributed by atoms with E-state index >= 15 is 0 Å². The van der Waals surface area contributed by atoms with Crippen LogP contribution in [0, 0.1) is 152 Å². The van der Waals surface area contributed by atoms with Gasteiger partial charge in [-0.25, -0.2) is 0 Å². The first kappa shape index (κ1) is 83.2. The zero-order valence-electron chi connectivity index (χ0n) is 76.8. The summed E-state index contributed by atoms with van der Waals surface area (Å²) in [5, 5.41) is 15.5. The summed E-state index contributed by atoms with van der Waals surface area (Å²) in [7, 11) is 0. The van der Waals surface area contributed by atoms with Crippen LogP contribution >= 0.6 is 0 Å². The van der Waals surface area contributed by atoms with Gasteiger partial charge >= 0.3 is 0 Å². The molecule has 0 aliphatic rings. The molecule has 0 atom stereocenters. The highest BCUT2D eigenvalue weighted by Gasteiger charge is 2.23. The predicted molar refractivity (Wildman–Crippen MR) is 536 cm³/mol. The molecule has 0 saturated heterocycles. The van der Waals surface area contributed by atoms with Crippen LogP contribution in [-0.4, -0.2) is 0 Å². The average Bonchev–Trinajstić information content (AvgIpc) is 0.748. The highest BCUT2D eigenvalue weighted by atomic mass is 14.3. The number of hydrogen-bond acceptors (Lipinski definition) is 0. The molecule has 0 nitrogen and oxygen atoms in total. The van der Waals surface area contributed by atoms with Gasteiger partial charge < -0.3 is 0 Å². The third kappa shape index (κ3) is 16.1. The Morgan fingerprint density at radius 3 is 0.557 bits per heavy atom. The van der Waals surface area contributed by atoms with Gasteiger partial charge in [0.25, 0.3) is 0 Å². The number of aryl methyl sites for hydroxylation is 22. The van der Waals surface area contributed by atoms with E-state index in [1.807, 2.05) is 0 Å². The van der Waals surface area contributed by atoms with Crippen molar-refractivity contribution >= 4 is 64.6 Å². The summed E-state index contributed by atoms with van der Waals surface area (Å²) in [4.78, 5) is 0. The summed E-state index contributed by atoms with van der Waals surface area (Å²) in [6.45, 7) is 55.7. The molecular formula is C122H118. The van der Waals surface area contributed by atoms with Crippen LogP contribution < -0.4 is 0 Å². The van der Waals surface area contributed by atoms with Gasteiger partial charge in [0.2, 0.25) is 0 Å². The second-order valence-corrected chi connectivity index (χ2v) is 37.5. The van der Waals surface area contributed by atoms with E-state index in [2.05, 4.69) is 434 Å². The van der Waals surface area contributed by atoms with Crippen molar-refractivity contribution in [3.8, 4) is 100 Å². The molecule has 0 bridgehead atoms. The maximum Gasteiger partial charge on any atom is -0.00215 e. The molecule has 0 amide bonds. The second kappa shape index (κ2) is 32.8. The number of benzene rings is 18. The van der Waals surface area contributed by atoms with Gasteiger partial charge in [0.1, 0.15) is 0 Å². The molecule has 18 rings (SSSR count). The minimum atomic E-state index is 0.122. The van der Waals surface area contributed by atoms with Gasteiger partial charge in [0, 0.05) is 0 Å². The van der Waals surface area contributed by atoms with Crippen LogP contribution in [0.25, 0.3) is 165 Å².